The molecule has 1 fully saturated rings. The van der Waals surface area contributed by atoms with Crippen molar-refractivity contribution < 1.29 is 0 Å². The van der Waals surface area contributed by atoms with Crippen molar-refractivity contribution >= 4 is 21.6 Å². The van der Waals surface area contributed by atoms with Crippen LogP contribution in [-0.2, 0) is 0 Å². The Labute approximate surface area is 99.0 Å². The van der Waals surface area contributed by atoms with E-state index in [1.165, 1.54) is 12.1 Å². The van der Waals surface area contributed by atoms with Crippen LogP contribution < -0.4 is 10.2 Å². The number of rotatable bonds is 2. The first-order valence-corrected chi connectivity index (χ1v) is 6.19. The minimum Gasteiger partial charge on any atom is -0.365 e. The van der Waals surface area contributed by atoms with Crippen molar-refractivity contribution in [3.8, 4) is 0 Å². The lowest BCUT2D eigenvalue weighted by atomic mass is 10.1. The van der Waals surface area contributed by atoms with Gasteiger partial charge in [0, 0.05) is 38.1 Å². The van der Waals surface area contributed by atoms with Gasteiger partial charge in [-0.15, -0.1) is 0 Å². The maximum absolute atomic E-state index is 4.10. The second-order valence-corrected chi connectivity index (χ2v) is 4.64. The van der Waals surface area contributed by atoms with Gasteiger partial charge in [-0.3, -0.25) is 4.98 Å². The first-order valence-electron chi connectivity index (χ1n) is 5.39. The molecule has 0 amide bonds. The van der Waals surface area contributed by atoms with E-state index < -0.39 is 0 Å². The molecule has 1 N–H and O–H groups in total. The summed E-state index contributed by atoms with van der Waals surface area (Å²) in [6, 6.07) is 2.68. The smallest absolute Gasteiger partial charge is 0.0592 e. The number of aromatic nitrogens is 1. The lowest BCUT2D eigenvalue weighted by Crippen LogP contribution is -2.51. The molecule has 3 nitrogen and oxygen atoms in total. The van der Waals surface area contributed by atoms with Crippen LogP contribution in [0.5, 0.6) is 0 Å². The van der Waals surface area contributed by atoms with Crippen LogP contribution in [0.2, 0.25) is 0 Å². The van der Waals surface area contributed by atoms with E-state index in [-0.39, 0.29) is 0 Å². The zero-order chi connectivity index (χ0) is 10.7. The van der Waals surface area contributed by atoms with E-state index in [0.717, 1.165) is 24.1 Å². The zero-order valence-corrected chi connectivity index (χ0v) is 10.5. The van der Waals surface area contributed by atoms with Crippen LogP contribution in [0.15, 0.2) is 22.9 Å². The van der Waals surface area contributed by atoms with Crippen molar-refractivity contribution in [2.75, 3.05) is 24.5 Å². The zero-order valence-electron chi connectivity index (χ0n) is 8.91. The number of nitrogens with one attached hydrogen (secondary N) is 1. The second kappa shape index (κ2) is 4.94. The summed E-state index contributed by atoms with van der Waals surface area (Å²) in [5.41, 5.74) is 1.26. The van der Waals surface area contributed by atoms with Crippen LogP contribution in [0, 0.1) is 0 Å². The van der Waals surface area contributed by atoms with Crippen molar-refractivity contribution in [1.82, 2.24) is 10.3 Å². The largest absolute Gasteiger partial charge is 0.365 e. The lowest BCUT2D eigenvalue weighted by molar-refractivity contribution is 0.466. The molecule has 0 radical (unpaired) electrons. The van der Waals surface area contributed by atoms with Crippen LogP contribution in [-0.4, -0.2) is 30.7 Å². The van der Waals surface area contributed by atoms with Gasteiger partial charge in [-0.05, 0) is 28.4 Å². The molecule has 1 saturated heterocycles. The van der Waals surface area contributed by atoms with E-state index in [1.54, 1.807) is 0 Å². The Morgan fingerprint density at radius 1 is 1.67 bits per heavy atom. The van der Waals surface area contributed by atoms with Gasteiger partial charge in [-0.25, -0.2) is 0 Å². The van der Waals surface area contributed by atoms with Crippen LogP contribution >= 0.6 is 15.9 Å². The molecule has 15 heavy (non-hydrogen) atoms. The maximum atomic E-state index is 4.10. The molecule has 1 aliphatic heterocycles. The second-order valence-electron chi connectivity index (χ2n) is 3.79. The highest BCUT2D eigenvalue weighted by Crippen LogP contribution is 2.27. The van der Waals surface area contributed by atoms with Crippen molar-refractivity contribution in [1.29, 1.82) is 0 Å². The highest BCUT2D eigenvalue weighted by atomic mass is 79.9. The number of pyridine rings is 1. The monoisotopic (exact) mass is 269 g/mol. The Balaban J connectivity index is 2.24. The molecule has 1 atom stereocenters. The Morgan fingerprint density at radius 2 is 2.53 bits per heavy atom. The number of hydrogen-bond acceptors (Lipinski definition) is 3. The van der Waals surface area contributed by atoms with Gasteiger partial charge in [0.25, 0.3) is 0 Å². The number of piperazine rings is 1. The molecule has 0 spiro atoms. The summed E-state index contributed by atoms with van der Waals surface area (Å²) in [7, 11) is 0. The van der Waals surface area contributed by atoms with E-state index in [2.05, 4.69) is 44.1 Å². The summed E-state index contributed by atoms with van der Waals surface area (Å²) in [6.45, 7) is 5.44. The van der Waals surface area contributed by atoms with Crippen LogP contribution in [0.1, 0.15) is 13.3 Å². The van der Waals surface area contributed by atoms with Gasteiger partial charge >= 0.3 is 0 Å². The molecule has 1 aromatic rings. The molecule has 0 aromatic carbocycles. The number of hydrogen-bond donors (Lipinski definition) is 1. The Kier molecular flexibility index (Phi) is 3.59. The molecule has 2 rings (SSSR count). The average Bonchev–Trinajstić information content (AvgIpc) is 2.30. The molecule has 82 valence electrons. The van der Waals surface area contributed by atoms with E-state index in [4.69, 9.17) is 0 Å². The van der Waals surface area contributed by atoms with Gasteiger partial charge in [-0.2, -0.15) is 0 Å². The predicted molar refractivity (Wildman–Crippen MR) is 66.2 cm³/mol. The third-order valence-corrected chi connectivity index (χ3v) is 3.49. The first kappa shape index (κ1) is 10.9. The summed E-state index contributed by atoms with van der Waals surface area (Å²) in [5.74, 6) is 0. The molecular formula is C11H16BrN3. The molecule has 1 aliphatic rings. The van der Waals surface area contributed by atoms with Gasteiger partial charge in [-0.1, -0.05) is 6.92 Å². The van der Waals surface area contributed by atoms with Crippen molar-refractivity contribution in [3.05, 3.63) is 22.9 Å². The highest BCUT2D eigenvalue weighted by molar-refractivity contribution is 9.10. The maximum Gasteiger partial charge on any atom is 0.0592 e. The molecular weight excluding hydrogens is 254 g/mol. The van der Waals surface area contributed by atoms with E-state index in [9.17, 15) is 0 Å². The number of nitrogens with zero attached hydrogens (tertiary/aromatic N) is 2. The van der Waals surface area contributed by atoms with Gasteiger partial charge < -0.3 is 10.2 Å². The number of halogens is 1. The topological polar surface area (TPSA) is 28.2 Å². The number of anilines is 1. The quantitative estimate of drug-likeness (QED) is 0.891. The van der Waals surface area contributed by atoms with Gasteiger partial charge in [0.15, 0.2) is 0 Å². The molecule has 0 bridgehead atoms. The van der Waals surface area contributed by atoms with Gasteiger partial charge in [0.05, 0.1) is 10.2 Å². The lowest BCUT2D eigenvalue weighted by Gasteiger charge is -2.38. The Hall–Kier alpha value is -0.610. The summed E-state index contributed by atoms with van der Waals surface area (Å²) in [4.78, 5) is 6.56. The molecule has 1 unspecified atom stereocenters. The van der Waals surface area contributed by atoms with Crippen LogP contribution in [0.3, 0.4) is 0 Å². The minimum atomic E-state index is 0.595. The molecule has 0 saturated carbocycles. The third kappa shape index (κ3) is 2.32. The van der Waals surface area contributed by atoms with Crippen LogP contribution in [0.25, 0.3) is 0 Å². The fourth-order valence-corrected chi connectivity index (χ4v) is 2.52. The minimum absolute atomic E-state index is 0.595. The SMILES string of the molecule is CCC1CNCCN1c1ccncc1Br. The summed E-state index contributed by atoms with van der Waals surface area (Å²) >= 11 is 3.56. The van der Waals surface area contributed by atoms with Crippen LogP contribution in [0.4, 0.5) is 5.69 Å². The third-order valence-electron chi connectivity index (χ3n) is 2.88. The van der Waals surface area contributed by atoms with E-state index >= 15 is 0 Å². The Morgan fingerprint density at radius 3 is 3.27 bits per heavy atom. The fourth-order valence-electron chi connectivity index (χ4n) is 2.04. The molecule has 4 heteroatoms. The van der Waals surface area contributed by atoms with Crippen molar-refractivity contribution in [2.45, 2.75) is 19.4 Å². The van der Waals surface area contributed by atoms with Gasteiger partial charge in [0.1, 0.15) is 0 Å². The van der Waals surface area contributed by atoms with Gasteiger partial charge in [0.2, 0.25) is 0 Å². The predicted octanol–water partition coefficient (Wildman–Crippen LogP) is 2.03. The van der Waals surface area contributed by atoms with Crippen molar-refractivity contribution in [3.63, 3.8) is 0 Å². The summed E-state index contributed by atoms with van der Waals surface area (Å²) < 4.78 is 1.09. The first-order chi connectivity index (χ1) is 7.33. The average molecular weight is 270 g/mol. The van der Waals surface area contributed by atoms with E-state index in [0.29, 0.717) is 6.04 Å². The molecule has 0 aliphatic carbocycles. The molecule has 1 aromatic heterocycles. The fraction of sp³-hybridized carbons (Fsp3) is 0.545. The molecule has 2 heterocycles. The summed E-state index contributed by atoms with van der Waals surface area (Å²) in [5, 5.41) is 3.43. The standard InChI is InChI=1S/C11H16BrN3/c1-2-9-7-14-5-6-15(9)11-3-4-13-8-10(11)12/h3-4,8-9,14H,2,5-7H2,1H3. The van der Waals surface area contributed by atoms with Crippen molar-refractivity contribution in [2.24, 2.45) is 0 Å². The Bertz CT molecular complexity index is 329. The van der Waals surface area contributed by atoms with E-state index in [1.807, 2.05) is 12.4 Å². The summed E-state index contributed by atoms with van der Waals surface area (Å²) in [6.07, 6.45) is 4.89. The highest BCUT2D eigenvalue weighted by Gasteiger charge is 2.21. The normalized spacial score (nSPS) is 21.7.